The Balaban J connectivity index is 2.15. The van der Waals surface area contributed by atoms with E-state index >= 15 is 0 Å². The quantitative estimate of drug-likeness (QED) is 0.917. The van der Waals surface area contributed by atoms with Crippen molar-refractivity contribution in [3.63, 3.8) is 0 Å². The van der Waals surface area contributed by atoms with E-state index in [1.165, 1.54) is 12.8 Å². The molecule has 1 fully saturated rings. The third-order valence-electron chi connectivity index (χ3n) is 4.30. The van der Waals surface area contributed by atoms with Crippen LogP contribution in [0.3, 0.4) is 0 Å². The highest BCUT2D eigenvalue weighted by Crippen LogP contribution is 2.36. The van der Waals surface area contributed by atoms with E-state index in [0.29, 0.717) is 16.4 Å². The molecule has 0 spiro atoms. The monoisotopic (exact) mass is 295 g/mol. The predicted octanol–water partition coefficient (Wildman–Crippen LogP) is 3.86. The molecule has 1 aliphatic carbocycles. The fraction of sp³-hybridized carbons (Fsp3) is 0.625. The summed E-state index contributed by atoms with van der Waals surface area (Å²) in [6, 6.07) is 7.65. The molecule has 1 aliphatic rings. The summed E-state index contributed by atoms with van der Waals surface area (Å²) in [5.74, 6) is 0.142. The SMILES string of the molecule is CCS(=O)(=O)c1ccccc1NC1CCC(C)(C)CC1. The van der Waals surface area contributed by atoms with Crippen LogP contribution in [0.15, 0.2) is 29.2 Å². The second-order valence-corrected chi connectivity index (χ2v) is 8.73. The van der Waals surface area contributed by atoms with Crippen molar-refractivity contribution in [1.82, 2.24) is 0 Å². The Hall–Kier alpha value is -1.03. The fourth-order valence-electron chi connectivity index (χ4n) is 2.78. The number of rotatable bonds is 4. The lowest BCUT2D eigenvalue weighted by Gasteiger charge is -2.35. The Morgan fingerprint density at radius 3 is 2.40 bits per heavy atom. The highest BCUT2D eigenvalue weighted by Gasteiger charge is 2.27. The van der Waals surface area contributed by atoms with Crippen molar-refractivity contribution in [2.75, 3.05) is 11.1 Å². The molecule has 0 bridgehead atoms. The van der Waals surface area contributed by atoms with Gasteiger partial charge in [0.1, 0.15) is 0 Å². The summed E-state index contributed by atoms with van der Waals surface area (Å²) in [4.78, 5) is 0.437. The molecule has 112 valence electrons. The summed E-state index contributed by atoms with van der Waals surface area (Å²) in [5.41, 5.74) is 1.19. The Bertz CT molecular complexity index is 554. The van der Waals surface area contributed by atoms with Crippen LogP contribution in [0.5, 0.6) is 0 Å². The van der Waals surface area contributed by atoms with E-state index < -0.39 is 9.84 Å². The number of para-hydroxylation sites is 1. The van der Waals surface area contributed by atoms with Gasteiger partial charge in [-0.2, -0.15) is 0 Å². The van der Waals surface area contributed by atoms with Crippen molar-refractivity contribution in [3.05, 3.63) is 24.3 Å². The van der Waals surface area contributed by atoms with Crippen molar-refractivity contribution in [2.24, 2.45) is 5.41 Å². The van der Waals surface area contributed by atoms with Crippen LogP contribution in [-0.2, 0) is 9.84 Å². The molecule has 0 saturated heterocycles. The number of benzene rings is 1. The van der Waals surface area contributed by atoms with Crippen molar-refractivity contribution in [1.29, 1.82) is 0 Å². The Morgan fingerprint density at radius 2 is 1.80 bits per heavy atom. The highest BCUT2D eigenvalue weighted by molar-refractivity contribution is 7.91. The summed E-state index contributed by atoms with van der Waals surface area (Å²) >= 11 is 0. The molecule has 2 rings (SSSR count). The molecular weight excluding hydrogens is 270 g/mol. The number of sulfone groups is 1. The molecule has 3 nitrogen and oxygen atoms in total. The normalized spacial score (nSPS) is 19.8. The molecule has 0 unspecified atom stereocenters. The maximum Gasteiger partial charge on any atom is 0.180 e. The van der Waals surface area contributed by atoms with Crippen LogP contribution in [0.4, 0.5) is 5.69 Å². The van der Waals surface area contributed by atoms with E-state index in [1.54, 1.807) is 19.1 Å². The summed E-state index contributed by atoms with van der Waals surface area (Å²) in [6.45, 7) is 6.30. The van der Waals surface area contributed by atoms with Gasteiger partial charge >= 0.3 is 0 Å². The second-order valence-electron chi connectivity index (χ2n) is 6.48. The minimum absolute atomic E-state index is 0.142. The van der Waals surface area contributed by atoms with Crippen LogP contribution in [0.1, 0.15) is 46.5 Å². The van der Waals surface area contributed by atoms with Gasteiger partial charge < -0.3 is 5.32 Å². The Labute approximate surface area is 122 Å². The first kappa shape index (κ1) is 15.4. The molecule has 0 atom stereocenters. The second kappa shape index (κ2) is 5.76. The smallest absolute Gasteiger partial charge is 0.180 e. The van der Waals surface area contributed by atoms with Crippen molar-refractivity contribution in [3.8, 4) is 0 Å². The number of anilines is 1. The zero-order valence-electron chi connectivity index (χ0n) is 12.6. The lowest BCUT2D eigenvalue weighted by atomic mass is 9.75. The highest BCUT2D eigenvalue weighted by atomic mass is 32.2. The third kappa shape index (κ3) is 3.54. The lowest BCUT2D eigenvalue weighted by molar-refractivity contribution is 0.232. The molecule has 1 aromatic carbocycles. The molecule has 1 N–H and O–H groups in total. The standard InChI is InChI=1S/C16H25NO2S/c1-4-20(18,19)15-8-6-5-7-14(15)17-13-9-11-16(2,3)12-10-13/h5-8,13,17H,4,9-12H2,1-3H3. The Kier molecular flexibility index (Phi) is 4.43. The first-order valence-electron chi connectivity index (χ1n) is 7.42. The topological polar surface area (TPSA) is 46.2 Å². The summed E-state index contributed by atoms with van der Waals surface area (Å²) < 4.78 is 24.3. The molecular formula is C16H25NO2S. The van der Waals surface area contributed by atoms with Gasteiger partial charge in [0, 0.05) is 6.04 Å². The van der Waals surface area contributed by atoms with Crippen molar-refractivity contribution in [2.45, 2.75) is 57.4 Å². The van der Waals surface area contributed by atoms with Crippen LogP contribution in [0.25, 0.3) is 0 Å². The summed E-state index contributed by atoms with van der Waals surface area (Å²) in [7, 11) is -3.16. The predicted molar refractivity (Wildman–Crippen MR) is 83.8 cm³/mol. The first-order chi connectivity index (χ1) is 9.34. The van der Waals surface area contributed by atoms with E-state index in [2.05, 4.69) is 19.2 Å². The average molecular weight is 295 g/mol. The maximum atomic E-state index is 12.1. The van der Waals surface area contributed by atoms with Crippen molar-refractivity contribution < 1.29 is 8.42 Å². The third-order valence-corrected chi connectivity index (χ3v) is 6.09. The van der Waals surface area contributed by atoms with E-state index in [0.717, 1.165) is 18.5 Å². The first-order valence-corrected chi connectivity index (χ1v) is 9.08. The summed E-state index contributed by atoms with van der Waals surface area (Å²) in [6.07, 6.45) is 4.59. The number of hydrogen-bond donors (Lipinski definition) is 1. The number of hydrogen-bond acceptors (Lipinski definition) is 3. The molecule has 0 aliphatic heterocycles. The molecule has 0 radical (unpaired) electrons. The van der Waals surface area contributed by atoms with Gasteiger partial charge in [0.2, 0.25) is 0 Å². The van der Waals surface area contributed by atoms with Crippen LogP contribution >= 0.6 is 0 Å². The summed E-state index contributed by atoms with van der Waals surface area (Å²) in [5, 5.41) is 3.45. The van der Waals surface area contributed by atoms with E-state index in [1.807, 2.05) is 12.1 Å². The molecule has 4 heteroatoms. The van der Waals surface area contributed by atoms with Gasteiger partial charge in [0.25, 0.3) is 0 Å². The average Bonchev–Trinajstić information content (AvgIpc) is 2.42. The Morgan fingerprint density at radius 1 is 1.20 bits per heavy atom. The minimum Gasteiger partial charge on any atom is -0.381 e. The van der Waals surface area contributed by atoms with Crippen molar-refractivity contribution >= 4 is 15.5 Å². The van der Waals surface area contributed by atoms with E-state index in [-0.39, 0.29) is 5.75 Å². The van der Waals surface area contributed by atoms with Gasteiger partial charge in [-0.05, 0) is 43.2 Å². The van der Waals surface area contributed by atoms with Crippen LogP contribution in [0.2, 0.25) is 0 Å². The zero-order chi connectivity index (χ0) is 14.8. The number of nitrogens with one attached hydrogen (secondary N) is 1. The molecule has 20 heavy (non-hydrogen) atoms. The van der Waals surface area contributed by atoms with Crippen LogP contribution in [-0.4, -0.2) is 20.2 Å². The van der Waals surface area contributed by atoms with Gasteiger partial charge in [0.15, 0.2) is 9.84 Å². The van der Waals surface area contributed by atoms with Crippen LogP contribution in [0, 0.1) is 5.41 Å². The van der Waals surface area contributed by atoms with Gasteiger partial charge in [-0.1, -0.05) is 32.9 Å². The molecule has 0 amide bonds. The zero-order valence-corrected chi connectivity index (χ0v) is 13.5. The molecule has 1 saturated carbocycles. The van der Waals surface area contributed by atoms with E-state index in [9.17, 15) is 8.42 Å². The van der Waals surface area contributed by atoms with Gasteiger partial charge in [0.05, 0.1) is 16.3 Å². The lowest BCUT2D eigenvalue weighted by Crippen LogP contribution is -2.30. The van der Waals surface area contributed by atoms with Crippen LogP contribution < -0.4 is 5.32 Å². The van der Waals surface area contributed by atoms with E-state index in [4.69, 9.17) is 0 Å². The maximum absolute atomic E-state index is 12.1. The largest absolute Gasteiger partial charge is 0.381 e. The molecule has 0 aromatic heterocycles. The molecule has 1 aromatic rings. The van der Waals surface area contributed by atoms with Gasteiger partial charge in [-0.3, -0.25) is 0 Å². The minimum atomic E-state index is -3.16. The fourth-order valence-corrected chi connectivity index (χ4v) is 3.84. The van der Waals surface area contributed by atoms with Gasteiger partial charge in [-0.15, -0.1) is 0 Å². The molecule has 0 heterocycles. The van der Waals surface area contributed by atoms with Gasteiger partial charge in [-0.25, -0.2) is 8.42 Å².